The fourth-order valence-corrected chi connectivity index (χ4v) is 4.96. The molecule has 1 aromatic heterocycles. The quantitative estimate of drug-likeness (QED) is 0.361. The first kappa shape index (κ1) is 27.3. The molecule has 0 radical (unpaired) electrons. The summed E-state index contributed by atoms with van der Waals surface area (Å²) < 4.78 is 29.2. The van der Waals surface area contributed by atoms with Crippen LogP contribution in [0.3, 0.4) is 0 Å². The molecule has 3 N–H and O–H groups in total. The van der Waals surface area contributed by atoms with Crippen molar-refractivity contribution < 1.29 is 13.2 Å². The Kier molecular flexibility index (Phi) is 9.22. The predicted molar refractivity (Wildman–Crippen MR) is 134 cm³/mol. The van der Waals surface area contributed by atoms with Gasteiger partial charge in [-0.2, -0.15) is 4.31 Å². The van der Waals surface area contributed by atoms with Gasteiger partial charge in [0.15, 0.2) is 0 Å². The van der Waals surface area contributed by atoms with E-state index in [1.54, 1.807) is 53.8 Å². The van der Waals surface area contributed by atoms with E-state index in [2.05, 4.69) is 4.98 Å². The summed E-state index contributed by atoms with van der Waals surface area (Å²) >= 11 is 0. The summed E-state index contributed by atoms with van der Waals surface area (Å²) in [5.41, 5.74) is 7.94. The van der Waals surface area contributed by atoms with Crippen molar-refractivity contribution in [3.63, 3.8) is 0 Å². The maximum Gasteiger partial charge on any atom is 0.243 e. The van der Waals surface area contributed by atoms with Gasteiger partial charge in [-0.1, -0.05) is 36.4 Å². The first-order valence-corrected chi connectivity index (χ1v) is 11.5. The Labute approximate surface area is 211 Å². The highest BCUT2D eigenvalue weighted by molar-refractivity contribution is 7.89. The van der Waals surface area contributed by atoms with Crippen LogP contribution >= 0.6 is 24.8 Å². The van der Waals surface area contributed by atoms with E-state index in [1.807, 2.05) is 22.9 Å². The Hall–Kier alpha value is -2.92. The van der Waals surface area contributed by atoms with E-state index in [4.69, 9.17) is 11.1 Å². The minimum Gasteiger partial charge on any atom is -0.384 e. The van der Waals surface area contributed by atoms with Crippen molar-refractivity contribution in [1.29, 1.82) is 5.41 Å². The summed E-state index contributed by atoms with van der Waals surface area (Å²) in [5.74, 6) is -0.256. The fraction of sp³-hybridized carbons (Fsp3) is 0.227. The Morgan fingerprint density at radius 1 is 0.971 bits per heavy atom. The number of imidazole rings is 1. The number of nitrogen functional groups attached to an aromatic ring is 1. The zero-order valence-electron chi connectivity index (χ0n) is 18.2. The zero-order valence-corrected chi connectivity index (χ0v) is 20.7. The molecule has 182 valence electrons. The number of piperazine rings is 1. The zero-order chi connectivity index (χ0) is 22.7. The predicted octanol–water partition coefficient (Wildman–Crippen LogP) is 2.09. The van der Waals surface area contributed by atoms with Crippen molar-refractivity contribution in [3.8, 4) is 0 Å². The molecule has 34 heavy (non-hydrogen) atoms. The second kappa shape index (κ2) is 11.5. The van der Waals surface area contributed by atoms with Gasteiger partial charge >= 0.3 is 0 Å². The first-order chi connectivity index (χ1) is 15.3. The molecule has 1 saturated heterocycles. The van der Waals surface area contributed by atoms with E-state index in [-0.39, 0.29) is 54.5 Å². The number of benzene rings is 2. The van der Waals surface area contributed by atoms with Crippen molar-refractivity contribution in [2.75, 3.05) is 19.6 Å². The number of halogens is 2. The molecule has 1 aliphatic rings. The Morgan fingerprint density at radius 3 is 2.15 bits per heavy atom. The molecule has 1 amide bonds. The van der Waals surface area contributed by atoms with E-state index < -0.39 is 10.0 Å². The van der Waals surface area contributed by atoms with Crippen molar-refractivity contribution in [1.82, 2.24) is 18.8 Å². The normalized spacial score (nSPS) is 14.2. The maximum atomic E-state index is 13.0. The SMILES string of the molecule is Cl.Cl.N=C(N)c1ccc(CN2CCN(S(=O)(=O)c3ccc(Cn4ccnc4)cc3)CC2=O)cc1. The lowest BCUT2D eigenvalue weighted by Crippen LogP contribution is -2.51. The molecule has 0 atom stereocenters. The number of carbonyl (C=O) groups is 1. The molecule has 2 heterocycles. The van der Waals surface area contributed by atoms with Crippen LogP contribution in [0.15, 0.2) is 72.1 Å². The lowest BCUT2D eigenvalue weighted by molar-refractivity contribution is -0.134. The third-order valence-electron chi connectivity index (χ3n) is 5.41. The molecule has 4 rings (SSSR count). The first-order valence-electron chi connectivity index (χ1n) is 10.1. The summed E-state index contributed by atoms with van der Waals surface area (Å²) in [6.07, 6.45) is 5.23. The van der Waals surface area contributed by atoms with E-state index in [0.717, 1.165) is 11.1 Å². The number of hydrogen-bond acceptors (Lipinski definition) is 5. The van der Waals surface area contributed by atoms with Gasteiger partial charge in [0.2, 0.25) is 15.9 Å². The number of nitrogens with two attached hydrogens (primary N) is 1. The van der Waals surface area contributed by atoms with Crippen molar-refractivity contribution >= 4 is 46.6 Å². The van der Waals surface area contributed by atoms with E-state index in [1.165, 1.54) is 4.31 Å². The molecule has 0 unspecified atom stereocenters. The molecule has 1 fully saturated rings. The largest absolute Gasteiger partial charge is 0.384 e. The highest BCUT2D eigenvalue weighted by Crippen LogP contribution is 2.20. The Morgan fingerprint density at radius 2 is 1.59 bits per heavy atom. The van der Waals surface area contributed by atoms with Gasteiger partial charge in [0.1, 0.15) is 5.84 Å². The standard InChI is InChI=1S/C22H24N6O3S.2ClH/c23-22(24)19-5-1-18(2-6-19)14-27-11-12-28(15-21(27)29)32(30,31)20-7-3-17(4-8-20)13-26-10-9-25-16-26;;/h1-10,16H,11-15H2,(H3,23,24);2*1H. The summed E-state index contributed by atoms with van der Waals surface area (Å²) in [6, 6.07) is 13.8. The molecule has 0 bridgehead atoms. The third-order valence-corrected chi connectivity index (χ3v) is 7.27. The van der Waals surface area contributed by atoms with Gasteiger partial charge < -0.3 is 15.2 Å². The van der Waals surface area contributed by atoms with Gasteiger partial charge in [-0.15, -0.1) is 24.8 Å². The van der Waals surface area contributed by atoms with Crippen molar-refractivity contribution in [2.45, 2.75) is 18.0 Å². The molecule has 0 aliphatic carbocycles. The summed E-state index contributed by atoms with van der Waals surface area (Å²) in [7, 11) is -3.76. The third kappa shape index (κ3) is 6.15. The van der Waals surface area contributed by atoms with Crippen molar-refractivity contribution in [2.24, 2.45) is 5.73 Å². The summed E-state index contributed by atoms with van der Waals surface area (Å²) in [6.45, 7) is 1.34. The summed E-state index contributed by atoms with van der Waals surface area (Å²) in [5, 5.41) is 7.45. The lowest BCUT2D eigenvalue weighted by Gasteiger charge is -2.33. The van der Waals surface area contributed by atoms with Crippen LogP contribution in [0.1, 0.15) is 16.7 Å². The number of aromatic nitrogens is 2. The van der Waals surface area contributed by atoms with E-state index >= 15 is 0 Å². The van der Waals surface area contributed by atoms with Gasteiger partial charge in [-0.25, -0.2) is 13.4 Å². The van der Waals surface area contributed by atoms with Crippen LogP contribution < -0.4 is 5.73 Å². The lowest BCUT2D eigenvalue weighted by atomic mass is 10.1. The van der Waals surface area contributed by atoms with Crippen LogP contribution in [0.5, 0.6) is 0 Å². The molecule has 0 spiro atoms. The molecule has 1 aliphatic heterocycles. The smallest absolute Gasteiger partial charge is 0.243 e. The van der Waals surface area contributed by atoms with Crippen LogP contribution in [0.2, 0.25) is 0 Å². The number of nitrogens with one attached hydrogen (secondary N) is 1. The minimum absolute atomic E-state index is 0. The van der Waals surface area contributed by atoms with Gasteiger partial charge in [0, 0.05) is 44.1 Å². The second-order valence-electron chi connectivity index (χ2n) is 7.64. The van der Waals surface area contributed by atoms with Gasteiger partial charge in [0.25, 0.3) is 0 Å². The van der Waals surface area contributed by atoms with Crippen LogP contribution in [-0.4, -0.2) is 58.6 Å². The number of amidine groups is 1. The van der Waals surface area contributed by atoms with Gasteiger partial charge in [-0.3, -0.25) is 10.2 Å². The monoisotopic (exact) mass is 524 g/mol. The van der Waals surface area contributed by atoms with E-state index in [0.29, 0.717) is 25.2 Å². The molecule has 0 saturated carbocycles. The van der Waals surface area contributed by atoms with Crippen LogP contribution in [0.25, 0.3) is 0 Å². The molecule has 3 aromatic rings. The van der Waals surface area contributed by atoms with Crippen LogP contribution in [0, 0.1) is 5.41 Å². The molecule has 2 aromatic carbocycles. The van der Waals surface area contributed by atoms with E-state index in [9.17, 15) is 13.2 Å². The van der Waals surface area contributed by atoms with Crippen LogP contribution in [0.4, 0.5) is 0 Å². The minimum atomic E-state index is -3.76. The fourth-order valence-electron chi connectivity index (χ4n) is 3.58. The molecule has 12 heteroatoms. The number of sulfonamides is 1. The number of carbonyl (C=O) groups excluding carboxylic acids is 1. The number of rotatable bonds is 7. The number of amides is 1. The Balaban J connectivity index is 0.00000204. The average molecular weight is 525 g/mol. The molecular weight excluding hydrogens is 499 g/mol. The molecular formula is C22H26Cl2N6O3S. The number of nitrogens with zero attached hydrogens (tertiary/aromatic N) is 4. The van der Waals surface area contributed by atoms with Crippen LogP contribution in [-0.2, 0) is 27.9 Å². The molecule has 9 nitrogen and oxygen atoms in total. The summed E-state index contributed by atoms with van der Waals surface area (Å²) in [4.78, 5) is 18.5. The van der Waals surface area contributed by atoms with Crippen molar-refractivity contribution in [3.05, 3.63) is 83.9 Å². The highest BCUT2D eigenvalue weighted by Gasteiger charge is 2.32. The second-order valence-corrected chi connectivity index (χ2v) is 9.58. The van der Waals surface area contributed by atoms with Gasteiger partial charge in [0.05, 0.1) is 17.8 Å². The topological polar surface area (TPSA) is 125 Å². The maximum absolute atomic E-state index is 13.0. The average Bonchev–Trinajstić information content (AvgIpc) is 3.29. The number of hydrogen-bond donors (Lipinski definition) is 2. The highest BCUT2D eigenvalue weighted by atomic mass is 35.5. The van der Waals surface area contributed by atoms with Gasteiger partial charge in [-0.05, 0) is 23.3 Å². The Bertz CT molecular complexity index is 1220.